The van der Waals surface area contributed by atoms with Crippen LogP contribution in [0.2, 0.25) is 19.1 Å². The van der Waals surface area contributed by atoms with Crippen molar-refractivity contribution in [2.75, 3.05) is 0 Å². The molecule has 10 heavy (non-hydrogen) atoms. The first-order chi connectivity index (χ1) is 4.33. The lowest BCUT2D eigenvalue weighted by atomic mass is 10.2. The third kappa shape index (κ3) is 4.82. The van der Waals surface area contributed by atoms with Gasteiger partial charge in [-0.3, -0.25) is 4.79 Å². The highest BCUT2D eigenvalue weighted by atomic mass is 35.6. The van der Waals surface area contributed by atoms with Crippen molar-refractivity contribution in [3.8, 4) is 0 Å². The molecule has 0 spiro atoms. The van der Waals surface area contributed by atoms with Crippen molar-refractivity contribution in [1.29, 1.82) is 0 Å². The monoisotopic (exact) mass is 180 g/mol. The molecular formula is C6H13ClO2Si. The summed E-state index contributed by atoms with van der Waals surface area (Å²) in [5, 5.41) is 8.51. The summed E-state index contributed by atoms with van der Waals surface area (Å²) < 4.78 is 0. The largest absolute Gasteiger partial charge is 0.481 e. The van der Waals surface area contributed by atoms with Gasteiger partial charge in [0.25, 0.3) is 0 Å². The number of hydrogen-bond donors (Lipinski definition) is 1. The van der Waals surface area contributed by atoms with Crippen molar-refractivity contribution in [3.63, 3.8) is 0 Å². The van der Waals surface area contributed by atoms with Gasteiger partial charge in [-0.15, -0.1) is 0 Å². The van der Waals surface area contributed by atoms with E-state index in [9.17, 15) is 4.79 Å². The van der Waals surface area contributed by atoms with Gasteiger partial charge in [0.2, 0.25) is 0 Å². The van der Waals surface area contributed by atoms with Crippen LogP contribution in [0.25, 0.3) is 0 Å². The summed E-state index contributed by atoms with van der Waals surface area (Å²) in [6.45, 7) is 5.60. The van der Waals surface area contributed by atoms with E-state index < -0.39 is 13.4 Å². The second kappa shape index (κ2) is 3.39. The third-order valence-electron chi connectivity index (χ3n) is 1.21. The molecule has 1 N–H and O–H groups in total. The molecule has 1 atom stereocenters. The van der Waals surface area contributed by atoms with Gasteiger partial charge < -0.3 is 5.11 Å². The van der Waals surface area contributed by atoms with E-state index in [1.54, 1.807) is 6.92 Å². The van der Waals surface area contributed by atoms with Crippen molar-refractivity contribution < 1.29 is 9.90 Å². The SMILES string of the molecule is CC(C[Si](C)(C)Cl)C(=O)O. The van der Waals surface area contributed by atoms with Crippen LogP contribution in [0.4, 0.5) is 0 Å². The van der Waals surface area contributed by atoms with Crippen LogP contribution in [0.15, 0.2) is 0 Å². The second-order valence-corrected chi connectivity index (χ2v) is 10.1. The standard InChI is InChI=1S/C6H13ClO2Si/c1-5(6(8)9)4-10(2,3)7/h5H,4H2,1-3H3,(H,8,9). The van der Waals surface area contributed by atoms with Crippen LogP contribution in [0, 0.1) is 5.92 Å². The molecule has 0 heterocycles. The van der Waals surface area contributed by atoms with Crippen LogP contribution in [0.3, 0.4) is 0 Å². The Balaban J connectivity index is 3.80. The van der Waals surface area contributed by atoms with E-state index in [1.165, 1.54) is 0 Å². The maximum absolute atomic E-state index is 10.3. The molecule has 60 valence electrons. The molecule has 0 aromatic heterocycles. The first-order valence-electron chi connectivity index (χ1n) is 3.24. The molecule has 0 fully saturated rings. The molecule has 2 nitrogen and oxygen atoms in total. The number of halogens is 1. The molecule has 0 aliphatic rings. The highest BCUT2D eigenvalue weighted by Gasteiger charge is 2.24. The Bertz CT molecular complexity index is 130. The first kappa shape index (κ1) is 9.98. The molecular weight excluding hydrogens is 168 g/mol. The van der Waals surface area contributed by atoms with E-state index in [1.807, 2.05) is 13.1 Å². The number of carboxylic acid groups (broad SMARTS) is 1. The van der Waals surface area contributed by atoms with E-state index in [0.29, 0.717) is 6.04 Å². The second-order valence-electron chi connectivity index (χ2n) is 3.16. The third-order valence-corrected chi connectivity index (χ3v) is 3.26. The van der Waals surface area contributed by atoms with Crippen molar-refractivity contribution in [3.05, 3.63) is 0 Å². The molecule has 0 saturated carbocycles. The molecule has 0 aliphatic carbocycles. The Morgan fingerprint density at radius 1 is 1.70 bits per heavy atom. The minimum Gasteiger partial charge on any atom is -0.481 e. The fraction of sp³-hybridized carbons (Fsp3) is 0.833. The number of carbonyl (C=O) groups is 1. The van der Waals surface area contributed by atoms with Gasteiger partial charge in [0.15, 0.2) is 7.38 Å². The zero-order valence-corrected chi connectivity index (χ0v) is 8.27. The quantitative estimate of drug-likeness (QED) is 0.534. The summed E-state index contributed by atoms with van der Waals surface area (Å²) in [7, 11) is -1.69. The minimum absolute atomic E-state index is 0.292. The molecule has 0 amide bonds. The van der Waals surface area contributed by atoms with Gasteiger partial charge >= 0.3 is 5.97 Å². The average molecular weight is 181 g/mol. The molecule has 0 bridgehead atoms. The van der Waals surface area contributed by atoms with Crippen molar-refractivity contribution >= 4 is 24.4 Å². The molecule has 4 heteroatoms. The lowest BCUT2D eigenvalue weighted by Gasteiger charge is -2.14. The van der Waals surface area contributed by atoms with Gasteiger partial charge in [-0.25, -0.2) is 0 Å². The number of aliphatic carboxylic acids is 1. The van der Waals surface area contributed by atoms with E-state index in [0.717, 1.165) is 0 Å². The summed E-state index contributed by atoms with van der Waals surface area (Å²) in [5.74, 6) is -1.04. The summed E-state index contributed by atoms with van der Waals surface area (Å²) in [4.78, 5) is 10.3. The molecule has 0 aromatic carbocycles. The minimum atomic E-state index is -1.69. The molecule has 0 aromatic rings. The first-order valence-corrected chi connectivity index (χ1v) is 7.46. The van der Waals surface area contributed by atoms with Gasteiger partial charge in [-0.05, 0) is 6.04 Å². The maximum atomic E-state index is 10.3. The van der Waals surface area contributed by atoms with E-state index in [-0.39, 0.29) is 5.92 Å². The van der Waals surface area contributed by atoms with Crippen molar-refractivity contribution in [2.24, 2.45) is 5.92 Å². The topological polar surface area (TPSA) is 37.3 Å². The fourth-order valence-corrected chi connectivity index (χ4v) is 3.14. The van der Waals surface area contributed by atoms with Crippen LogP contribution >= 0.6 is 11.1 Å². The Morgan fingerprint density at radius 2 is 2.10 bits per heavy atom. The number of hydrogen-bond acceptors (Lipinski definition) is 1. The van der Waals surface area contributed by atoms with Crippen LogP contribution in [-0.2, 0) is 4.79 Å². The van der Waals surface area contributed by atoms with E-state index in [2.05, 4.69) is 0 Å². The van der Waals surface area contributed by atoms with Gasteiger partial charge in [0.05, 0.1) is 5.92 Å². The number of carboxylic acids is 1. The Morgan fingerprint density at radius 3 is 2.20 bits per heavy atom. The Labute approximate surface area is 66.9 Å². The van der Waals surface area contributed by atoms with Crippen LogP contribution in [-0.4, -0.2) is 18.5 Å². The lowest BCUT2D eigenvalue weighted by molar-refractivity contribution is -0.140. The van der Waals surface area contributed by atoms with Gasteiger partial charge in [-0.1, -0.05) is 20.0 Å². The normalized spacial score (nSPS) is 14.8. The Kier molecular flexibility index (Phi) is 3.38. The molecule has 0 saturated heterocycles. The van der Waals surface area contributed by atoms with Crippen LogP contribution in [0.5, 0.6) is 0 Å². The molecule has 0 aliphatic heterocycles. The highest BCUT2D eigenvalue weighted by Crippen LogP contribution is 2.20. The summed E-state index contributed by atoms with van der Waals surface area (Å²) >= 11 is 5.95. The van der Waals surface area contributed by atoms with E-state index in [4.69, 9.17) is 16.2 Å². The molecule has 0 radical (unpaired) electrons. The summed E-state index contributed by atoms with van der Waals surface area (Å²) in [6, 6.07) is 0.643. The van der Waals surface area contributed by atoms with Crippen molar-refractivity contribution in [1.82, 2.24) is 0 Å². The van der Waals surface area contributed by atoms with Crippen LogP contribution < -0.4 is 0 Å². The predicted molar refractivity (Wildman–Crippen MR) is 44.9 cm³/mol. The lowest BCUT2D eigenvalue weighted by Crippen LogP contribution is -2.23. The smallest absolute Gasteiger partial charge is 0.305 e. The summed E-state index contributed by atoms with van der Waals surface area (Å²) in [5.41, 5.74) is 0. The average Bonchev–Trinajstić information content (AvgIpc) is 1.60. The molecule has 1 unspecified atom stereocenters. The maximum Gasteiger partial charge on any atom is 0.305 e. The van der Waals surface area contributed by atoms with Crippen molar-refractivity contribution in [2.45, 2.75) is 26.1 Å². The summed E-state index contributed by atoms with van der Waals surface area (Å²) in [6.07, 6.45) is 0. The van der Waals surface area contributed by atoms with Gasteiger partial charge in [-0.2, -0.15) is 11.1 Å². The predicted octanol–water partition coefficient (Wildman–Crippen LogP) is 2.15. The Hall–Kier alpha value is -0.0231. The molecule has 0 rings (SSSR count). The van der Waals surface area contributed by atoms with E-state index >= 15 is 0 Å². The zero-order valence-electron chi connectivity index (χ0n) is 6.52. The van der Waals surface area contributed by atoms with Gasteiger partial charge in [0.1, 0.15) is 0 Å². The number of rotatable bonds is 3. The van der Waals surface area contributed by atoms with Gasteiger partial charge in [0, 0.05) is 0 Å². The van der Waals surface area contributed by atoms with Crippen LogP contribution in [0.1, 0.15) is 6.92 Å². The zero-order chi connectivity index (χ0) is 8.36. The fourth-order valence-electron chi connectivity index (χ4n) is 0.815. The highest BCUT2D eigenvalue weighted by molar-refractivity contribution is 7.19.